The molecule has 134 valence electrons. The Bertz CT molecular complexity index is 724. The highest BCUT2D eigenvalue weighted by Crippen LogP contribution is 2.21. The number of carbonyl (C=O) groups excluding carboxylic acids is 1. The minimum Gasteiger partial charge on any atom is -0.337 e. The summed E-state index contributed by atoms with van der Waals surface area (Å²) in [5, 5.41) is 7.32. The monoisotopic (exact) mass is 340 g/mol. The van der Waals surface area contributed by atoms with Gasteiger partial charge in [0, 0.05) is 32.9 Å². The van der Waals surface area contributed by atoms with Crippen molar-refractivity contribution in [3.8, 4) is 0 Å². The predicted octanol–water partition coefficient (Wildman–Crippen LogP) is 3.11. The molecule has 1 N–H and O–H groups in total. The van der Waals surface area contributed by atoms with Gasteiger partial charge in [-0.1, -0.05) is 36.8 Å². The normalized spacial score (nSPS) is 18.4. The van der Waals surface area contributed by atoms with Crippen LogP contribution in [0.4, 0.5) is 4.79 Å². The number of urea groups is 1. The maximum Gasteiger partial charge on any atom is 0.317 e. The topological polar surface area (TPSA) is 50.2 Å². The van der Waals surface area contributed by atoms with Gasteiger partial charge in [-0.25, -0.2) is 4.79 Å². The Kier molecular flexibility index (Phi) is 5.41. The largest absolute Gasteiger partial charge is 0.337 e. The number of rotatable bonds is 5. The molecule has 0 bridgehead atoms. The molecule has 0 radical (unpaired) electrons. The van der Waals surface area contributed by atoms with Crippen LogP contribution in [0.15, 0.2) is 36.7 Å². The summed E-state index contributed by atoms with van der Waals surface area (Å²) in [6.07, 6.45) is 6.05. The van der Waals surface area contributed by atoms with Gasteiger partial charge >= 0.3 is 6.03 Å². The zero-order valence-corrected chi connectivity index (χ0v) is 15.4. The molecule has 5 heteroatoms. The number of hydrogen-bond donors (Lipinski definition) is 1. The summed E-state index contributed by atoms with van der Waals surface area (Å²) in [5.74, 6) is 0.849. The summed E-state index contributed by atoms with van der Waals surface area (Å²) >= 11 is 0. The van der Waals surface area contributed by atoms with E-state index in [-0.39, 0.29) is 6.03 Å². The van der Waals surface area contributed by atoms with Crippen molar-refractivity contribution in [2.75, 3.05) is 19.6 Å². The van der Waals surface area contributed by atoms with Gasteiger partial charge in [0.1, 0.15) is 0 Å². The van der Waals surface area contributed by atoms with Gasteiger partial charge in [0.05, 0.1) is 6.20 Å². The molecule has 1 fully saturated rings. The molecule has 1 aromatic carbocycles. The number of aromatic nitrogens is 2. The number of carbonyl (C=O) groups is 1. The van der Waals surface area contributed by atoms with E-state index >= 15 is 0 Å². The summed E-state index contributed by atoms with van der Waals surface area (Å²) in [7, 11) is 1.94. The minimum atomic E-state index is 0.0631. The molecular formula is C20H28N4O. The number of nitrogens with zero attached hydrogens (tertiary/aromatic N) is 3. The third-order valence-electron chi connectivity index (χ3n) is 5.03. The fourth-order valence-corrected chi connectivity index (χ4v) is 3.54. The molecule has 0 saturated carbocycles. The van der Waals surface area contributed by atoms with Crippen LogP contribution in [0.1, 0.15) is 36.0 Å². The number of amides is 2. The maximum atomic E-state index is 12.4. The molecule has 3 rings (SSSR count). The summed E-state index contributed by atoms with van der Waals surface area (Å²) < 4.78 is 1.83. The lowest BCUT2D eigenvalue weighted by atomic mass is 9.99. The van der Waals surface area contributed by atoms with Crippen LogP contribution in [-0.4, -0.2) is 40.3 Å². The molecule has 2 heterocycles. The summed E-state index contributed by atoms with van der Waals surface area (Å²) in [6.45, 7) is 6.60. The molecule has 2 amide bonds. The van der Waals surface area contributed by atoms with Gasteiger partial charge in [-0.15, -0.1) is 0 Å². The molecule has 5 nitrogen and oxygen atoms in total. The first-order valence-corrected chi connectivity index (χ1v) is 9.08. The van der Waals surface area contributed by atoms with Gasteiger partial charge in [0.15, 0.2) is 0 Å². The van der Waals surface area contributed by atoms with E-state index in [0.717, 1.165) is 25.9 Å². The van der Waals surface area contributed by atoms with E-state index in [1.807, 2.05) is 22.8 Å². The molecule has 1 aliphatic heterocycles. The molecule has 25 heavy (non-hydrogen) atoms. The summed E-state index contributed by atoms with van der Waals surface area (Å²) in [4.78, 5) is 14.4. The third kappa shape index (κ3) is 4.62. The standard InChI is InChI=1S/C20H28N4O/c1-15-5-4-6-19(9-15)16(2)11-21-20(25)24-8-7-17(14-24)10-18-12-22-23(3)13-18/h4-6,9,12-13,16-17H,7-8,10-11,14H2,1-3H3,(H,21,25). The lowest BCUT2D eigenvalue weighted by molar-refractivity contribution is 0.206. The SMILES string of the molecule is Cc1cccc(C(C)CNC(=O)N2CCC(Cc3cnn(C)c3)C2)c1. The second-order valence-electron chi connectivity index (χ2n) is 7.33. The Balaban J connectivity index is 1.46. The summed E-state index contributed by atoms with van der Waals surface area (Å²) in [6, 6.07) is 8.56. The fourth-order valence-electron chi connectivity index (χ4n) is 3.54. The van der Waals surface area contributed by atoms with Gasteiger partial charge < -0.3 is 10.2 Å². The van der Waals surface area contributed by atoms with Gasteiger partial charge in [-0.05, 0) is 42.7 Å². The number of aryl methyl sites for hydroxylation is 2. The van der Waals surface area contributed by atoms with E-state index in [1.165, 1.54) is 16.7 Å². The molecule has 1 aromatic heterocycles. The van der Waals surface area contributed by atoms with Crippen LogP contribution in [0.5, 0.6) is 0 Å². The van der Waals surface area contributed by atoms with Gasteiger partial charge in [-0.2, -0.15) is 5.10 Å². The molecule has 2 unspecified atom stereocenters. The van der Waals surface area contributed by atoms with Crippen LogP contribution < -0.4 is 5.32 Å². The van der Waals surface area contributed by atoms with E-state index in [0.29, 0.717) is 18.4 Å². The van der Waals surface area contributed by atoms with Crippen molar-refractivity contribution in [2.24, 2.45) is 13.0 Å². The van der Waals surface area contributed by atoms with E-state index in [2.05, 4.69) is 54.7 Å². The lowest BCUT2D eigenvalue weighted by Crippen LogP contribution is -2.40. The summed E-state index contributed by atoms with van der Waals surface area (Å²) in [5.41, 5.74) is 3.78. The number of nitrogens with one attached hydrogen (secondary N) is 1. The quantitative estimate of drug-likeness (QED) is 0.909. The highest BCUT2D eigenvalue weighted by Gasteiger charge is 2.26. The highest BCUT2D eigenvalue weighted by molar-refractivity contribution is 5.74. The molecular weight excluding hydrogens is 312 g/mol. The van der Waals surface area contributed by atoms with E-state index in [9.17, 15) is 4.79 Å². The zero-order valence-electron chi connectivity index (χ0n) is 15.4. The van der Waals surface area contributed by atoms with Gasteiger partial charge in [-0.3, -0.25) is 4.68 Å². The number of hydrogen-bond acceptors (Lipinski definition) is 2. The Morgan fingerprint density at radius 1 is 1.44 bits per heavy atom. The second-order valence-corrected chi connectivity index (χ2v) is 7.33. The van der Waals surface area contributed by atoms with Crippen LogP contribution >= 0.6 is 0 Å². The maximum absolute atomic E-state index is 12.4. The molecule has 2 atom stereocenters. The number of likely N-dealkylation sites (tertiary alicyclic amines) is 1. The second kappa shape index (κ2) is 7.72. The first kappa shape index (κ1) is 17.5. The van der Waals surface area contributed by atoms with Crippen LogP contribution in [0.2, 0.25) is 0 Å². The van der Waals surface area contributed by atoms with E-state index in [4.69, 9.17) is 0 Å². The predicted molar refractivity (Wildman–Crippen MR) is 99.6 cm³/mol. The average molecular weight is 340 g/mol. The Morgan fingerprint density at radius 2 is 2.28 bits per heavy atom. The first-order chi connectivity index (χ1) is 12.0. The van der Waals surface area contributed by atoms with E-state index < -0.39 is 0 Å². The Labute approximate surface area is 150 Å². The third-order valence-corrected chi connectivity index (χ3v) is 5.03. The number of benzene rings is 1. The van der Waals surface area contributed by atoms with E-state index in [1.54, 1.807) is 0 Å². The fraction of sp³-hybridized carbons (Fsp3) is 0.500. The van der Waals surface area contributed by atoms with Crippen molar-refractivity contribution in [1.82, 2.24) is 20.0 Å². The Hall–Kier alpha value is -2.30. The highest BCUT2D eigenvalue weighted by atomic mass is 16.2. The van der Waals surface area contributed by atoms with Crippen LogP contribution in [-0.2, 0) is 13.5 Å². The zero-order chi connectivity index (χ0) is 17.8. The van der Waals surface area contributed by atoms with Crippen molar-refractivity contribution < 1.29 is 4.79 Å². The Morgan fingerprint density at radius 3 is 3.00 bits per heavy atom. The molecule has 2 aromatic rings. The van der Waals surface area contributed by atoms with Crippen molar-refractivity contribution in [3.63, 3.8) is 0 Å². The van der Waals surface area contributed by atoms with Gasteiger partial charge in [0.25, 0.3) is 0 Å². The molecule has 1 aliphatic rings. The van der Waals surface area contributed by atoms with Gasteiger partial charge in [0.2, 0.25) is 0 Å². The molecule has 1 saturated heterocycles. The molecule has 0 spiro atoms. The minimum absolute atomic E-state index is 0.0631. The van der Waals surface area contributed by atoms with Crippen molar-refractivity contribution >= 4 is 6.03 Å². The smallest absolute Gasteiger partial charge is 0.317 e. The first-order valence-electron chi connectivity index (χ1n) is 9.08. The lowest BCUT2D eigenvalue weighted by Gasteiger charge is -2.20. The van der Waals surface area contributed by atoms with Crippen LogP contribution in [0, 0.1) is 12.8 Å². The average Bonchev–Trinajstić information content (AvgIpc) is 3.22. The van der Waals surface area contributed by atoms with Crippen molar-refractivity contribution in [1.29, 1.82) is 0 Å². The van der Waals surface area contributed by atoms with Crippen molar-refractivity contribution in [3.05, 3.63) is 53.3 Å². The van der Waals surface area contributed by atoms with Crippen molar-refractivity contribution in [2.45, 2.75) is 32.6 Å². The molecule has 0 aliphatic carbocycles. The van der Waals surface area contributed by atoms with Crippen LogP contribution in [0.3, 0.4) is 0 Å². The van der Waals surface area contributed by atoms with Crippen LogP contribution in [0.25, 0.3) is 0 Å².